The second-order valence-corrected chi connectivity index (χ2v) is 7.14. The third-order valence-corrected chi connectivity index (χ3v) is 5.77. The largest absolute Gasteiger partial charge is 0.371 e. The fourth-order valence-corrected chi connectivity index (χ4v) is 4.06. The van der Waals surface area contributed by atoms with Gasteiger partial charge in [-0.15, -0.1) is 0 Å². The van der Waals surface area contributed by atoms with Crippen molar-refractivity contribution in [2.24, 2.45) is 11.8 Å². The normalized spacial score (nSPS) is 31.3. The highest BCUT2D eigenvalue weighted by molar-refractivity contribution is 5.46. The Morgan fingerprint density at radius 1 is 0.952 bits per heavy atom. The zero-order chi connectivity index (χ0) is 14.7. The molecular formula is C19H30N2. The fourth-order valence-electron chi connectivity index (χ4n) is 4.06. The van der Waals surface area contributed by atoms with Crippen molar-refractivity contribution in [2.45, 2.75) is 58.0 Å². The van der Waals surface area contributed by atoms with Crippen molar-refractivity contribution in [1.29, 1.82) is 0 Å². The number of piperidine rings is 1. The average Bonchev–Trinajstić information content (AvgIpc) is 2.53. The zero-order valence-electron chi connectivity index (χ0n) is 13.6. The Labute approximate surface area is 129 Å². The van der Waals surface area contributed by atoms with Gasteiger partial charge >= 0.3 is 0 Å². The zero-order valence-corrected chi connectivity index (χ0v) is 13.6. The highest BCUT2D eigenvalue weighted by Gasteiger charge is 2.29. The summed E-state index contributed by atoms with van der Waals surface area (Å²) in [4.78, 5) is 2.53. The van der Waals surface area contributed by atoms with Crippen LogP contribution in [-0.4, -0.2) is 25.2 Å². The van der Waals surface area contributed by atoms with Crippen LogP contribution in [0.5, 0.6) is 0 Å². The lowest BCUT2D eigenvalue weighted by atomic mass is 9.77. The van der Waals surface area contributed by atoms with Crippen LogP contribution in [0.1, 0.15) is 46.0 Å². The van der Waals surface area contributed by atoms with Gasteiger partial charge in [0, 0.05) is 30.9 Å². The molecule has 116 valence electrons. The van der Waals surface area contributed by atoms with Crippen molar-refractivity contribution >= 4 is 5.69 Å². The van der Waals surface area contributed by atoms with Crippen LogP contribution in [0.25, 0.3) is 0 Å². The first kappa shape index (κ1) is 14.9. The number of rotatable bonds is 3. The minimum atomic E-state index is 0.725. The van der Waals surface area contributed by atoms with Gasteiger partial charge in [-0.25, -0.2) is 0 Å². The van der Waals surface area contributed by atoms with E-state index in [1.54, 1.807) is 0 Å². The number of nitrogens with zero attached hydrogens (tertiary/aromatic N) is 1. The number of benzene rings is 1. The molecule has 2 heteroatoms. The van der Waals surface area contributed by atoms with E-state index in [1.165, 1.54) is 50.9 Å². The Bertz CT molecular complexity index is 422. The summed E-state index contributed by atoms with van der Waals surface area (Å²) in [5.74, 6) is 1.73. The van der Waals surface area contributed by atoms with Gasteiger partial charge in [-0.05, 0) is 43.2 Å². The van der Waals surface area contributed by atoms with E-state index >= 15 is 0 Å². The Morgan fingerprint density at radius 3 is 2.38 bits per heavy atom. The van der Waals surface area contributed by atoms with Crippen molar-refractivity contribution in [3.05, 3.63) is 30.3 Å². The maximum absolute atomic E-state index is 3.98. The predicted octanol–water partition coefficient (Wildman–Crippen LogP) is 4.07. The number of nitrogens with one attached hydrogen (secondary N) is 1. The van der Waals surface area contributed by atoms with Gasteiger partial charge in [0.25, 0.3) is 0 Å². The molecule has 3 unspecified atom stereocenters. The third kappa shape index (κ3) is 3.60. The lowest BCUT2D eigenvalue weighted by molar-refractivity contribution is 0.186. The summed E-state index contributed by atoms with van der Waals surface area (Å²) in [6.07, 6.45) is 6.78. The van der Waals surface area contributed by atoms with Crippen LogP contribution in [0.2, 0.25) is 0 Å². The molecule has 3 rings (SSSR count). The van der Waals surface area contributed by atoms with Crippen LogP contribution in [0.3, 0.4) is 0 Å². The van der Waals surface area contributed by atoms with Gasteiger partial charge in [0.1, 0.15) is 0 Å². The molecular weight excluding hydrogens is 256 g/mol. The number of anilines is 1. The van der Waals surface area contributed by atoms with E-state index in [9.17, 15) is 0 Å². The van der Waals surface area contributed by atoms with Crippen molar-refractivity contribution in [3.63, 3.8) is 0 Å². The van der Waals surface area contributed by atoms with Gasteiger partial charge in [-0.3, -0.25) is 0 Å². The fraction of sp³-hybridized carbons (Fsp3) is 0.684. The third-order valence-electron chi connectivity index (χ3n) is 5.77. The molecule has 0 aromatic heterocycles. The maximum atomic E-state index is 3.98. The number of para-hydroxylation sites is 1. The summed E-state index contributed by atoms with van der Waals surface area (Å²) in [5, 5.41) is 3.98. The Morgan fingerprint density at radius 2 is 1.67 bits per heavy atom. The van der Waals surface area contributed by atoms with Gasteiger partial charge in [-0.1, -0.05) is 44.9 Å². The van der Waals surface area contributed by atoms with E-state index in [-0.39, 0.29) is 0 Å². The molecule has 2 aliphatic rings. The molecule has 0 amide bonds. The lowest BCUT2D eigenvalue weighted by Crippen LogP contribution is -2.50. The van der Waals surface area contributed by atoms with E-state index in [2.05, 4.69) is 54.4 Å². The molecule has 2 nitrogen and oxygen atoms in total. The first-order chi connectivity index (χ1) is 10.2. The highest BCUT2D eigenvalue weighted by Crippen LogP contribution is 2.30. The smallest absolute Gasteiger partial charge is 0.0366 e. The minimum Gasteiger partial charge on any atom is -0.371 e. The van der Waals surface area contributed by atoms with Gasteiger partial charge in [0.15, 0.2) is 0 Å². The van der Waals surface area contributed by atoms with E-state index in [4.69, 9.17) is 0 Å². The van der Waals surface area contributed by atoms with E-state index in [0.717, 1.165) is 23.9 Å². The Kier molecular flexibility index (Phi) is 4.84. The van der Waals surface area contributed by atoms with E-state index in [0.29, 0.717) is 0 Å². The topological polar surface area (TPSA) is 15.3 Å². The van der Waals surface area contributed by atoms with Crippen LogP contribution in [0.15, 0.2) is 30.3 Å². The molecule has 1 aliphatic carbocycles. The minimum absolute atomic E-state index is 0.725. The molecule has 0 bridgehead atoms. The van der Waals surface area contributed by atoms with Crippen LogP contribution in [-0.2, 0) is 0 Å². The van der Waals surface area contributed by atoms with Gasteiger partial charge in [0.2, 0.25) is 0 Å². The lowest BCUT2D eigenvalue weighted by Gasteiger charge is -2.40. The summed E-state index contributed by atoms with van der Waals surface area (Å²) < 4.78 is 0. The maximum Gasteiger partial charge on any atom is 0.0366 e. The molecule has 1 heterocycles. The van der Waals surface area contributed by atoms with E-state index < -0.39 is 0 Å². The Hall–Kier alpha value is -1.02. The molecule has 2 fully saturated rings. The van der Waals surface area contributed by atoms with Gasteiger partial charge in [-0.2, -0.15) is 0 Å². The average molecular weight is 286 g/mol. The van der Waals surface area contributed by atoms with Gasteiger partial charge < -0.3 is 10.2 Å². The molecule has 0 spiro atoms. The van der Waals surface area contributed by atoms with E-state index in [1.807, 2.05) is 0 Å². The molecule has 1 aliphatic heterocycles. The summed E-state index contributed by atoms with van der Waals surface area (Å²) in [5.41, 5.74) is 1.38. The van der Waals surface area contributed by atoms with Crippen LogP contribution in [0.4, 0.5) is 5.69 Å². The van der Waals surface area contributed by atoms with Crippen molar-refractivity contribution in [3.8, 4) is 0 Å². The van der Waals surface area contributed by atoms with Crippen molar-refractivity contribution in [2.75, 3.05) is 18.0 Å². The molecule has 1 aromatic carbocycles. The monoisotopic (exact) mass is 286 g/mol. The molecule has 1 aromatic rings. The molecule has 3 atom stereocenters. The van der Waals surface area contributed by atoms with Crippen LogP contribution in [0, 0.1) is 11.8 Å². The molecule has 1 saturated carbocycles. The molecule has 1 saturated heterocycles. The van der Waals surface area contributed by atoms with Crippen molar-refractivity contribution in [1.82, 2.24) is 5.32 Å². The second-order valence-electron chi connectivity index (χ2n) is 7.14. The first-order valence-electron chi connectivity index (χ1n) is 8.80. The SMILES string of the molecule is CC1CCCC(NC2CCN(c3ccccc3)CC2)C1C. The second kappa shape index (κ2) is 6.83. The molecule has 21 heavy (non-hydrogen) atoms. The van der Waals surface area contributed by atoms with Gasteiger partial charge in [0.05, 0.1) is 0 Å². The summed E-state index contributed by atoms with van der Waals surface area (Å²) in [6, 6.07) is 12.3. The highest BCUT2D eigenvalue weighted by atomic mass is 15.1. The summed E-state index contributed by atoms with van der Waals surface area (Å²) in [6.45, 7) is 7.26. The molecule has 1 N–H and O–H groups in total. The standard InChI is InChI=1S/C19H30N2/c1-15-7-6-10-19(16(15)2)20-17-11-13-21(14-12-17)18-8-4-3-5-9-18/h3-5,8-9,15-17,19-20H,6-7,10-14H2,1-2H3. The van der Waals surface area contributed by atoms with Crippen LogP contribution < -0.4 is 10.2 Å². The molecule has 0 radical (unpaired) electrons. The predicted molar refractivity (Wildman–Crippen MR) is 90.8 cm³/mol. The summed E-state index contributed by atoms with van der Waals surface area (Å²) >= 11 is 0. The number of hydrogen-bond donors (Lipinski definition) is 1. The van der Waals surface area contributed by atoms with Crippen molar-refractivity contribution < 1.29 is 0 Å². The Balaban J connectivity index is 1.50. The summed E-state index contributed by atoms with van der Waals surface area (Å²) in [7, 11) is 0. The first-order valence-corrected chi connectivity index (χ1v) is 8.80. The van der Waals surface area contributed by atoms with Crippen LogP contribution >= 0.6 is 0 Å². The number of hydrogen-bond acceptors (Lipinski definition) is 2. The quantitative estimate of drug-likeness (QED) is 0.901.